The van der Waals surface area contributed by atoms with Crippen LogP contribution >= 0.6 is 0 Å². The van der Waals surface area contributed by atoms with E-state index >= 15 is 0 Å². The van der Waals surface area contributed by atoms with Crippen LogP contribution in [0.4, 0.5) is 0 Å². The Labute approximate surface area is 110 Å². The molecule has 0 amide bonds. The molecule has 1 fully saturated rings. The number of hydrogen-bond acceptors (Lipinski definition) is 4. The van der Waals surface area contributed by atoms with Crippen LogP contribution in [0.5, 0.6) is 0 Å². The van der Waals surface area contributed by atoms with Crippen molar-refractivity contribution in [1.29, 1.82) is 0 Å². The third-order valence-corrected chi connectivity index (χ3v) is 4.03. The van der Waals surface area contributed by atoms with Crippen LogP contribution in [0.25, 0.3) is 0 Å². The zero-order valence-electron chi connectivity index (χ0n) is 12.2. The molecule has 0 aromatic heterocycles. The molecule has 1 rings (SSSR count). The van der Waals surface area contributed by atoms with Crippen molar-refractivity contribution < 1.29 is 14.3 Å². The Morgan fingerprint density at radius 3 is 2.22 bits per heavy atom. The van der Waals surface area contributed by atoms with Crippen molar-refractivity contribution >= 4 is 12.3 Å². The molecule has 0 spiro atoms. The molecule has 18 heavy (non-hydrogen) atoms. The second kappa shape index (κ2) is 5.39. The predicted octanol–water partition coefficient (Wildman–Crippen LogP) is 2.16. The van der Waals surface area contributed by atoms with Gasteiger partial charge in [0.1, 0.15) is 12.4 Å². The number of carbonyl (C=O) groups is 2. The van der Waals surface area contributed by atoms with Gasteiger partial charge in [-0.25, -0.2) is 0 Å². The summed E-state index contributed by atoms with van der Waals surface area (Å²) < 4.78 is 5.49. The summed E-state index contributed by atoms with van der Waals surface area (Å²) in [6, 6.07) is 0. The fraction of sp³-hybridized carbons (Fsp3) is 0.857. The van der Waals surface area contributed by atoms with Crippen molar-refractivity contribution in [3.63, 3.8) is 0 Å². The van der Waals surface area contributed by atoms with Gasteiger partial charge in [-0.3, -0.25) is 9.69 Å². The lowest BCUT2D eigenvalue weighted by atomic mass is 9.79. The van der Waals surface area contributed by atoms with Gasteiger partial charge in [0.05, 0.1) is 6.42 Å². The van der Waals surface area contributed by atoms with Gasteiger partial charge in [-0.1, -0.05) is 0 Å². The van der Waals surface area contributed by atoms with Gasteiger partial charge in [0.25, 0.3) is 0 Å². The maximum absolute atomic E-state index is 11.6. The van der Waals surface area contributed by atoms with Crippen LogP contribution in [0.3, 0.4) is 0 Å². The Hall–Kier alpha value is -0.900. The van der Waals surface area contributed by atoms with Gasteiger partial charge in [-0.15, -0.1) is 0 Å². The van der Waals surface area contributed by atoms with Crippen LogP contribution in [-0.2, 0) is 14.3 Å². The molecule has 1 aliphatic heterocycles. The van der Waals surface area contributed by atoms with Crippen molar-refractivity contribution in [2.75, 3.05) is 7.05 Å². The fourth-order valence-corrected chi connectivity index (χ4v) is 2.78. The van der Waals surface area contributed by atoms with Crippen LogP contribution in [0.2, 0.25) is 0 Å². The van der Waals surface area contributed by atoms with Crippen molar-refractivity contribution in [3.05, 3.63) is 0 Å². The lowest BCUT2D eigenvalue weighted by molar-refractivity contribution is -0.159. The first kappa shape index (κ1) is 15.2. The van der Waals surface area contributed by atoms with Gasteiger partial charge in [-0.05, 0) is 34.7 Å². The molecule has 4 heteroatoms. The quantitative estimate of drug-likeness (QED) is 0.570. The number of likely N-dealkylation sites (tertiary alicyclic amines) is 1. The molecule has 4 nitrogen and oxygen atoms in total. The van der Waals surface area contributed by atoms with Crippen LogP contribution in [-0.4, -0.2) is 41.4 Å². The minimum absolute atomic E-state index is 0.0113. The summed E-state index contributed by atoms with van der Waals surface area (Å²) >= 11 is 0. The average molecular weight is 255 g/mol. The molecular weight excluding hydrogens is 230 g/mol. The van der Waals surface area contributed by atoms with E-state index < -0.39 is 0 Å². The smallest absolute Gasteiger partial charge is 0.306 e. The van der Waals surface area contributed by atoms with E-state index in [1.54, 1.807) is 0 Å². The van der Waals surface area contributed by atoms with E-state index in [0.29, 0.717) is 0 Å². The molecule has 0 aromatic rings. The third-order valence-electron chi connectivity index (χ3n) is 4.03. The van der Waals surface area contributed by atoms with Gasteiger partial charge in [0.2, 0.25) is 0 Å². The van der Waals surface area contributed by atoms with E-state index in [0.717, 1.165) is 19.1 Å². The van der Waals surface area contributed by atoms with Crippen LogP contribution < -0.4 is 0 Å². The first-order valence-corrected chi connectivity index (χ1v) is 6.56. The van der Waals surface area contributed by atoms with E-state index in [9.17, 15) is 9.59 Å². The maximum Gasteiger partial charge on any atom is 0.306 e. The first-order valence-electron chi connectivity index (χ1n) is 6.56. The lowest BCUT2D eigenvalue weighted by Gasteiger charge is -2.53. The number of nitrogens with zero attached hydrogens (tertiary/aromatic N) is 1. The summed E-state index contributed by atoms with van der Waals surface area (Å²) in [5, 5.41) is 0. The van der Waals surface area contributed by atoms with Crippen molar-refractivity contribution in [2.45, 2.75) is 70.6 Å². The second-order valence-corrected chi connectivity index (χ2v) is 6.41. The van der Waals surface area contributed by atoms with E-state index in [1.165, 1.54) is 0 Å². The topological polar surface area (TPSA) is 46.6 Å². The predicted molar refractivity (Wildman–Crippen MR) is 70.3 cm³/mol. The monoisotopic (exact) mass is 255 g/mol. The Morgan fingerprint density at radius 2 is 1.78 bits per heavy atom. The molecule has 0 N–H and O–H groups in total. The number of carbonyl (C=O) groups excluding carboxylic acids is 2. The molecule has 0 aromatic carbocycles. The molecule has 0 radical (unpaired) electrons. The molecular formula is C14H25NO3. The summed E-state index contributed by atoms with van der Waals surface area (Å²) in [5.74, 6) is -0.261. The molecule has 0 unspecified atom stereocenters. The highest BCUT2D eigenvalue weighted by molar-refractivity contribution is 5.72. The molecule has 104 valence electrons. The Bertz CT molecular complexity index is 305. The number of hydrogen-bond donors (Lipinski definition) is 0. The number of rotatable bonds is 4. The van der Waals surface area contributed by atoms with E-state index in [-0.39, 0.29) is 36.0 Å². The third kappa shape index (κ3) is 3.55. The summed E-state index contributed by atoms with van der Waals surface area (Å²) in [6.07, 6.45) is 2.81. The van der Waals surface area contributed by atoms with Crippen LogP contribution in [0, 0.1) is 0 Å². The van der Waals surface area contributed by atoms with Crippen LogP contribution in [0.15, 0.2) is 0 Å². The van der Waals surface area contributed by atoms with Gasteiger partial charge in [0.15, 0.2) is 0 Å². The minimum Gasteiger partial charge on any atom is -0.462 e. The second-order valence-electron chi connectivity index (χ2n) is 6.41. The normalized spacial score (nSPS) is 23.6. The molecule has 0 atom stereocenters. The highest BCUT2D eigenvalue weighted by Crippen LogP contribution is 2.38. The number of ether oxygens (including phenoxy) is 1. The molecule has 0 aliphatic carbocycles. The largest absolute Gasteiger partial charge is 0.462 e. The standard InChI is InChI=1S/C14H25NO3/c1-13(2)9-11(10-14(3,4)15(13)5)18-12(17)7-6-8-16/h8,11H,6-7,9-10H2,1-5H3. The zero-order valence-corrected chi connectivity index (χ0v) is 12.2. The Balaban J connectivity index is 2.63. The van der Waals surface area contributed by atoms with E-state index in [2.05, 4.69) is 39.6 Å². The lowest BCUT2D eigenvalue weighted by Crippen LogP contribution is -2.60. The van der Waals surface area contributed by atoms with Gasteiger partial charge >= 0.3 is 5.97 Å². The fourth-order valence-electron chi connectivity index (χ4n) is 2.78. The Kier molecular flexibility index (Phi) is 4.54. The SMILES string of the molecule is CN1C(C)(C)CC(OC(=O)CCC=O)CC1(C)C. The molecule has 1 aliphatic rings. The van der Waals surface area contributed by atoms with E-state index in [1.807, 2.05) is 0 Å². The minimum atomic E-state index is -0.261. The summed E-state index contributed by atoms with van der Waals surface area (Å²) in [4.78, 5) is 24.2. The highest BCUT2D eigenvalue weighted by atomic mass is 16.5. The maximum atomic E-state index is 11.6. The summed E-state index contributed by atoms with van der Waals surface area (Å²) in [7, 11) is 2.12. The highest BCUT2D eigenvalue weighted by Gasteiger charge is 2.44. The summed E-state index contributed by atoms with van der Waals surface area (Å²) in [5.41, 5.74) is 0.0225. The number of piperidine rings is 1. The van der Waals surface area contributed by atoms with Gasteiger partial charge in [0, 0.05) is 30.3 Å². The number of aldehydes is 1. The van der Waals surface area contributed by atoms with Crippen molar-refractivity contribution in [3.8, 4) is 0 Å². The van der Waals surface area contributed by atoms with Crippen LogP contribution in [0.1, 0.15) is 53.4 Å². The van der Waals surface area contributed by atoms with E-state index in [4.69, 9.17) is 4.74 Å². The summed E-state index contributed by atoms with van der Waals surface area (Å²) in [6.45, 7) is 8.67. The average Bonchev–Trinajstić information content (AvgIpc) is 2.22. The zero-order chi connectivity index (χ0) is 14.0. The first-order chi connectivity index (χ1) is 8.19. The number of esters is 1. The van der Waals surface area contributed by atoms with Crippen molar-refractivity contribution in [1.82, 2.24) is 4.90 Å². The molecule has 1 saturated heterocycles. The molecule has 0 bridgehead atoms. The van der Waals surface area contributed by atoms with Gasteiger partial charge < -0.3 is 9.53 Å². The van der Waals surface area contributed by atoms with Gasteiger partial charge in [-0.2, -0.15) is 0 Å². The molecule has 0 saturated carbocycles. The molecule has 1 heterocycles. The Morgan fingerprint density at radius 1 is 1.28 bits per heavy atom. The van der Waals surface area contributed by atoms with Crippen molar-refractivity contribution in [2.24, 2.45) is 0 Å².